The van der Waals surface area contributed by atoms with E-state index in [4.69, 9.17) is 0 Å². The first-order valence-electron chi connectivity index (χ1n) is 2.48. The number of hydrogen-bond donors (Lipinski definition) is 2. The number of rotatable bonds is 2. The van der Waals surface area contributed by atoms with E-state index in [-0.39, 0.29) is 6.54 Å². The van der Waals surface area contributed by atoms with Crippen LogP contribution in [0.15, 0.2) is 0 Å². The lowest BCUT2D eigenvalue weighted by Crippen LogP contribution is -2.24. The molecule has 6 nitrogen and oxygen atoms in total. The highest BCUT2D eigenvalue weighted by Crippen LogP contribution is 1.77. The van der Waals surface area contributed by atoms with Crippen molar-refractivity contribution in [1.29, 1.82) is 0 Å². The van der Waals surface area contributed by atoms with Crippen LogP contribution in [0.4, 0.5) is 4.79 Å². The quantitative estimate of drug-likeness (QED) is 0.377. The maximum atomic E-state index is 10.3. The van der Waals surface area contributed by atoms with Crippen molar-refractivity contribution in [2.75, 3.05) is 13.6 Å². The average Bonchev–Trinajstić information content (AvgIpc) is 1.85. The Morgan fingerprint density at radius 1 is 1.50 bits per heavy atom. The van der Waals surface area contributed by atoms with E-state index in [2.05, 4.69) is 20.8 Å². The van der Waals surface area contributed by atoms with Crippen LogP contribution in [0.5, 0.6) is 0 Å². The standard InChI is InChI=1S/C4H8N2O4/c1-6-2-3(7)9-10-4(5)8/h6H,2H2,1H3,(H2,5,8). The number of amides is 1. The molecular formula is C4H8N2O4. The molecule has 0 unspecified atom stereocenters. The summed E-state index contributed by atoms with van der Waals surface area (Å²) in [6.07, 6.45) is -1.15. The first-order chi connectivity index (χ1) is 4.66. The fourth-order valence-electron chi connectivity index (χ4n) is 0.261. The molecule has 0 aliphatic rings. The fraction of sp³-hybridized carbons (Fsp3) is 0.500. The van der Waals surface area contributed by atoms with Gasteiger partial charge in [-0.1, -0.05) is 0 Å². The highest BCUT2D eigenvalue weighted by atomic mass is 17.2. The maximum Gasteiger partial charge on any atom is 0.447 e. The van der Waals surface area contributed by atoms with Crippen molar-refractivity contribution in [2.24, 2.45) is 5.73 Å². The number of nitrogens with one attached hydrogen (secondary N) is 1. The smallest absolute Gasteiger partial charge is 0.332 e. The van der Waals surface area contributed by atoms with Gasteiger partial charge in [0.05, 0.1) is 6.54 Å². The van der Waals surface area contributed by atoms with Gasteiger partial charge in [0.1, 0.15) is 0 Å². The van der Waals surface area contributed by atoms with Crippen LogP contribution < -0.4 is 11.1 Å². The van der Waals surface area contributed by atoms with Gasteiger partial charge in [-0.05, 0) is 7.05 Å². The molecule has 0 rings (SSSR count). The zero-order chi connectivity index (χ0) is 7.98. The summed E-state index contributed by atoms with van der Waals surface area (Å²) in [5, 5.41) is 2.48. The molecule has 1 amide bonds. The van der Waals surface area contributed by atoms with Gasteiger partial charge in [-0.2, -0.15) is 0 Å². The van der Waals surface area contributed by atoms with E-state index < -0.39 is 12.1 Å². The molecule has 0 saturated carbocycles. The number of nitrogens with two attached hydrogens (primary N) is 1. The maximum absolute atomic E-state index is 10.3. The molecule has 0 spiro atoms. The highest BCUT2D eigenvalue weighted by Gasteiger charge is 2.03. The average molecular weight is 148 g/mol. The van der Waals surface area contributed by atoms with Crippen LogP contribution in [-0.2, 0) is 14.6 Å². The highest BCUT2D eigenvalue weighted by molar-refractivity contribution is 5.72. The van der Waals surface area contributed by atoms with Crippen LogP contribution in [0.3, 0.4) is 0 Å². The number of hydrogen-bond acceptors (Lipinski definition) is 5. The first-order valence-corrected chi connectivity index (χ1v) is 2.48. The number of carbonyl (C=O) groups is 2. The van der Waals surface area contributed by atoms with Crippen molar-refractivity contribution in [3.8, 4) is 0 Å². The molecule has 0 heterocycles. The molecule has 0 aliphatic carbocycles. The number of primary amides is 1. The second kappa shape index (κ2) is 4.57. The molecule has 0 saturated heterocycles. The second-order valence-corrected chi connectivity index (χ2v) is 1.39. The van der Waals surface area contributed by atoms with Crippen LogP contribution in [0.25, 0.3) is 0 Å². The summed E-state index contributed by atoms with van der Waals surface area (Å²) in [7, 11) is 1.55. The SMILES string of the molecule is CNCC(=O)OOC(N)=O. The monoisotopic (exact) mass is 148 g/mol. The molecule has 0 atom stereocenters. The fourth-order valence-corrected chi connectivity index (χ4v) is 0.261. The molecule has 0 aromatic carbocycles. The Kier molecular flexibility index (Phi) is 3.97. The van der Waals surface area contributed by atoms with Crippen molar-refractivity contribution in [2.45, 2.75) is 0 Å². The zero-order valence-electron chi connectivity index (χ0n) is 5.42. The largest absolute Gasteiger partial charge is 0.447 e. The number of carbonyl (C=O) groups excluding carboxylic acids is 2. The van der Waals surface area contributed by atoms with Gasteiger partial charge in [0.15, 0.2) is 0 Å². The molecule has 0 aliphatic heterocycles. The van der Waals surface area contributed by atoms with Gasteiger partial charge in [0.25, 0.3) is 0 Å². The van der Waals surface area contributed by atoms with E-state index in [1.807, 2.05) is 0 Å². The van der Waals surface area contributed by atoms with Gasteiger partial charge in [0, 0.05) is 0 Å². The summed E-state index contributed by atoms with van der Waals surface area (Å²) in [5.41, 5.74) is 4.48. The lowest BCUT2D eigenvalue weighted by Gasteiger charge is -1.97. The Balaban J connectivity index is 3.30. The van der Waals surface area contributed by atoms with E-state index >= 15 is 0 Å². The van der Waals surface area contributed by atoms with Gasteiger partial charge >= 0.3 is 12.1 Å². The molecule has 0 fully saturated rings. The van der Waals surface area contributed by atoms with Crippen LogP contribution in [0, 0.1) is 0 Å². The van der Waals surface area contributed by atoms with Gasteiger partial charge in [-0.15, -0.1) is 0 Å². The van der Waals surface area contributed by atoms with E-state index in [0.717, 1.165) is 0 Å². The Hall–Kier alpha value is -1.30. The van der Waals surface area contributed by atoms with Crippen molar-refractivity contribution < 1.29 is 19.4 Å². The predicted molar refractivity (Wildman–Crippen MR) is 30.7 cm³/mol. The van der Waals surface area contributed by atoms with Gasteiger partial charge in [0.2, 0.25) is 0 Å². The van der Waals surface area contributed by atoms with E-state index in [0.29, 0.717) is 0 Å². The molecule has 0 aromatic heterocycles. The van der Waals surface area contributed by atoms with Gasteiger partial charge in [-0.3, -0.25) is 0 Å². The van der Waals surface area contributed by atoms with Crippen LogP contribution in [0.2, 0.25) is 0 Å². The van der Waals surface area contributed by atoms with Gasteiger partial charge in [-0.25, -0.2) is 19.4 Å². The first kappa shape index (κ1) is 8.70. The number of likely N-dealkylation sites (N-methyl/N-ethyl adjacent to an activating group) is 1. The molecule has 0 radical (unpaired) electrons. The zero-order valence-corrected chi connectivity index (χ0v) is 5.42. The minimum absolute atomic E-state index is 0.0344. The van der Waals surface area contributed by atoms with Crippen molar-refractivity contribution >= 4 is 12.1 Å². The summed E-state index contributed by atoms with van der Waals surface area (Å²) >= 11 is 0. The summed E-state index contributed by atoms with van der Waals surface area (Å²) in [6.45, 7) is -0.0344. The van der Waals surface area contributed by atoms with Crippen LogP contribution in [0.1, 0.15) is 0 Å². The molecule has 0 aromatic rings. The third-order valence-electron chi connectivity index (χ3n) is 0.538. The van der Waals surface area contributed by atoms with E-state index in [1.54, 1.807) is 7.05 Å². The Morgan fingerprint density at radius 3 is 2.50 bits per heavy atom. The molecule has 58 valence electrons. The molecule has 6 heteroatoms. The topological polar surface area (TPSA) is 90.7 Å². The van der Waals surface area contributed by atoms with Crippen molar-refractivity contribution in [1.82, 2.24) is 5.32 Å². The predicted octanol–water partition coefficient (Wildman–Crippen LogP) is -1.24. The Bertz CT molecular complexity index is 135. The third kappa shape index (κ3) is 4.85. The van der Waals surface area contributed by atoms with Crippen molar-refractivity contribution in [3.05, 3.63) is 0 Å². The van der Waals surface area contributed by atoms with E-state index in [9.17, 15) is 9.59 Å². The minimum Gasteiger partial charge on any atom is -0.332 e. The lowest BCUT2D eigenvalue weighted by atomic mass is 10.7. The second-order valence-electron chi connectivity index (χ2n) is 1.39. The van der Waals surface area contributed by atoms with E-state index in [1.165, 1.54) is 0 Å². The normalized spacial score (nSPS) is 8.50. The minimum atomic E-state index is -1.15. The summed E-state index contributed by atoms with van der Waals surface area (Å²) < 4.78 is 0. The summed E-state index contributed by atoms with van der Waals surface area (Å²) in [4.78, 5) is 27.7. The molecule has 3 N–H and O–H groups in total. The molecular weight excluding hydrogens is 140 g/mol. The molecule has 10 heavy (non-hydrogen) atoms. The van der Waals surface area contributed by atoms with Gasteiger partial charge < -0.3 is 11.1 Å². The molecule has 0 bridgehead atoms. The van der Waals surface area contributed by atoms with Crippen LogP contribution >= 0.6 is 0 Å². The summed E-state index contributed by atoms with van der Waals surface area (Å²) in [6, 6.07) is 0. The summed E-state index contributed by atoms with van der Waals surface area (Å²) in [5.74, 6) is -0.707. The van der Waals surface area contributed by atoms with Crippen molar-refractivity contribution in [3.63, 3.8) is 0 Å². The Labute approximate surface area is 57.2 Å². The Morgan fingerprint density at radius 2 is 2.10 bits per heavy atom. The van der Waals surface area contributed by atoms with Crippen LogP contribution in [-0.4, -0.2) is 25.7 Å². The lowest BCUT2D eigenvalue weighted by molar-refractivity contribution is -0.229. The third-order valence-corrected chi connectivity index (χ3v) is 0.538.